The van der Waals surface area contributed by atoms with Gasteiger partial charge in [0.2, 0.25) is 0 Å². The Morgan fingerprint density at radius 1 is 1.07 bits per heavy atom. The summed E-state index contributed by atoms with van der Waals surface area (Å²) in [7, 11) is 1.72. The minimum Gasteiger partial charge on any atom is -0.444 e. The van der Waals surface area contributed by atoms with Crippen molar-refractivity contribution < 1.29 is 19.1 Å². The van der Waals surface area contributed by atoms with Crippen molar-refractivity contribution in [2.45, 2.75) is 26.4 Å². The van der Waals surface area contributed by atoms with Gasteiger partial charge in [0.15, 0.2) is 0 Å². The molecule has 1 aromatic heterocycles. The number of nitrogens with one attached hydrogen (secondary N) is 3. The van der Waals surface area contributed by atoms with Crippen molar-refractivity contribution in [3.05, 3.63) is 52.3 Å². The van der Waals surface area contributed by atoms with Gasteiger partial charge in [0, 0.05) is 29.0 Å². The Morgan fingerprint density at radius 2 is 1.74 bits per heavy atom. The molecule has 0 saturated heterocycles. The third-order valence-electron chi connectivity index (χ3n) is 3.26. The second kappa shape index (κ2) is 8.26. The molecule has 9 heteroatoms. The summed E-state index contributed by atoms with van der Waals surface area (Å²) in [5.41, 5.74) is 5.10. The van der Waals surface area contributed by atoms with E-state index < -0.39 is 23.5 Å². The predicted molar refractivity (Wildman–Crippen MR) is 104 cm³/mol. The number of carbonyl (C=O) groups is 3. The van der Waals surface area contributed by atoms with Crippen molar-refractivity contribution in [3.63, 3.8) is 0 Å². The van der Waals surface area contributed by atoms with Gasteiger partial charge in [-0.25, -0.2) is 4.79 Å². The summed E-state index contributed by atoms with van der Waals surface area (Å²) < 4.78 is 7.54. The van der Waals surface area contributed by atoms with Crippen molar-refractivity contribution in [2.75, 3.05) is 5.32 Å². The van der Waals surface area contributed by atoms with Crippen molar-refractivity contribution >= 4 is 39.5 Å². The molecule has 2 aromatic rings. The van der Waals surface area contributed by atoms with Crippen molar-refractivity contribution in [1.29, 1.82) is 0 Å². The van der Waals surface area contributed by atoms with Gasteiger partial charge in [-0.2, -0.15) is 0 Å². The second-order valence-corrected chi connectivity index (χ2v) is 7.69. The summed E-state index contributed by atoms with van der Waals surface area (Å²) in [5, 5.41) is 2.56. The van der Waals surface area contributed by atoms with Crippen LogP contribution >= 0.6 is 15.9 Å². The largest absolute Gasteiger partial charge is 0.444 e. The fourth-order valence-electron chi connectivity index (χ4n) is 2.16. The summed E-state index contributed by atoms with van der Waals surface area (Å²) in [6.07, 6.45) is 1.10. The number of hydrogen-bond donors (Lipinski definition) is 3. The minimum atomic E-state index is -0.630. The average molecular weight is 437 g/mol. The molecule has 0 bridgehead atoms. The average Bonchev–Trinajstić information content (AvgIpc) is 2.89. The van der Waals surface area contributed by atoms with Crippen LogP contribution in [-0.2, 0) is 11.8 Å². The molecule has 0 atom stereocenters. The molecule has 3 amide bonds. The van der Waals surface area contributed by atoms with E-state index in [0.717, 1.165) is 4.47 Å². The number of rotatable bonds is 3. The zero-order valence-corrected chi connectivity index (χ0v) is 17.0. The number of carbonyl (C=O) groups excluding carboxylic acids is 3. The standard InChI is InChI=1S/C18H21BrN4O4/c1-18(2,3)27-17(26)20-13-7-5-6-11(8-13)15(24)21-22-16(25)14-9-12(19)10-23(14)4/h5-10H,1-4H3,(H,20,26)(H,21,24)(H,22,25). The van der Waals surface area contributed by atoms with Gasteiger partial charge in [0.1, 0.15) is 11.3 Å². The van der Waals surface area contributed by atoms with Crippen molar-refractivity contribution in [3.8, 4) is 0 Å². The van der Waals surface area contributed by atoms with Gasteiger partial charge < -0.3 is 9.30 Å². The van der Waals surface area contributed by atoms with Crippen molar-refractivity contribution in [2.24, 2.45) is 7.05 Å². The van der Waals surface area contributed by atoms with Crippen LogP contribution in [0.15, 0.2) is 41.0 Å². The van der Waals surface area contributed by atoms with Gasteiger partial charge in [0.25, 0.3) is 11.8 Å². The summed E-state index contributed by atoms with van der Waals surface area (Å²) in [5.74, 6) is -0.982. The monoisotopic (exact) mass is 436 g/mol. The van der Waals surface area contributed by atoms with Crippen LogP contribution in [0, 0.1) is 0 Å². The molecule has 8 nitrogen and oxygen atoms in total. The normalized spacial score (nSPS) is 10.9. The van der Waals surface area contributed by atoms with Crippen LogP contribution in [0.4, 0.5) is 10.5 Å². The fraction of sp³-hybridized carbons (Fsp3) is 0.278. The van der Waals surface area contributed by atoms with E-state index in [1.54, 1.807) is 62.8 Å². The van der Waals surface area contributed by atoms with Gasteiger partial charge >= 0.3 is 6.09 Å². The van der Waals surface area contributed by atoms with Crippen LogP contribution in [0.1, 0.15) is 41.6 Å². The van der Waals surface area contributed by atoms with Crippen LogP contribution < -0.4 is 16.2 Å². The fourth-order valence-corrected chi connectivity index (χ4v) is 2.68. The Kier molecular flexibility index (Phi) is 6.27. The van der Waals surface area contributed by atoms with Crippen LogP contribution in [-0.4, -0.2) is 28.1 Å². The van der Waals surface area contributed by atoms with E-state index in [2.05, 4.69) is 32.1 Å². The molecule has 1 heterocycles. The zero-order valence-electron chi connectivity index (χ0n) is 15.4. The highest BCUT2D eigenvalue weighted by molar-refractivity contribution is 9.10. The molecule has 144 valence electrons. The SMILES string of the molecule is Cn1cc(Br)cc1C(=O)NNC(=O)c1cccc(NC(=O)OC(C)(C)C)c1. The van der Waals surface area contributed by atoms with Crippen molar-refractivity contribution in [1.82, 2.24) is 15.4 Å². The number of anilines is 1. The van der Waals surface area contributed by atoms with Gasteiger partial charge in [-0.15, -0.1) is 0 Å². The topological polar surface area (TPSA) is 101 Å². The lowest BCUT2D eigenvalue weighted by atomic mass is 10.2. The first-order chi connectivity index (χ1) is 12.5. The maximum Gasteiger partial charge on any atom is 0.412 e. The lowest BCUT2D eigenvalue weighted by Crippen LogP contribution is -2.42. The number of nitrogens with zero attached hydrogens (tertiary/aromatic N) is 1. The number of aryl methyl sites for hydroxylation is 1. The predicted octanol–water partition coefficient (Wildman–Crippen LogP) is 3.21. The lowest BCUT2D eigenvalue weighted by molar-refractivity contribution is 0.0635. The molecule has 1 aromatic carbocycles. The number of aromatic nitrogens is 1. The van der Waals surface area contributed by atoms with Gasteiger partial charge in [-0.1, -0.05) is 6.07 Å². The number of benzene rings is 1. The van der Waals surface area contributed by atoms with E-state index in [1.165, 1.54) is 6.07 Å². The molecule has 0 unspecified atom stereocenters. The van der Waals surface area contributed by atoms with Crippen LogP contribution in [0.2, 0.25) is 0 Å². The summed E-state index contributed by atoms with van der Waals surface area (Å²) in [4.78, 5) is 36.2. The molecular weight excluding hydrogens is 416 g/mol. The summed E-state index contributed by atoms with van der Waals surface area (Å²) >= 11 is 3.28. The Hall–Kier alpha value is -2.81. The molecule has 27 heavy (non-hydrogen) atoms. The number of amides is 3. The first kappa shape index (κ1) is 20.5. The highest BCUT2D eigenvalue weighted by atomic mass is 79.9. The molecule has 3 N–H and O–H groups in total. The lowest BCUT2D eigenvalue weighted by Gasteiger charge is -2.19. The van der Waals surface area contributed by atoms with E-state index in [4.69, 9.17) is 4.74 Å². The molecule has 0 fully saturated rings. The van der Waals surface area contributed by atoms with Gasteiger partial charge in [0.05, 0.1) is 0 Å². The van der Waals surface area contributed by atoms with E-state index >= 15 is 0 Å². The molecule has 0 spiro atoms. The van der Waals surface area contributed by atoms with Crippen LogP contribution in [0.3, 0.4) is 0 Å². The molecule has 0 aliphatic heterocycles. The number of ether oxygens (including phenoxy) is 1. The molecule has 2 rings (SSSR count). The third kappa shape index (κ3) is 6.14. The Bertz CT molecular complexity index is 870. The van der Waals surface area contributed by atoms with Crippen LogP contribution in [0.5, 0.6) is 0 Å². The van der Waals surface area contributed by atoms with E-state index in [1.807, 2.05) is 0 Å². The Labute approximate surface area is 165 Å². The van der Waals surface area contributed by atoms with Gasteiger partial charge in [-0.3, -0.25) is 25.8 Å². The van der Waals surface area contributed by atoms with E-state index in [0.29, 0.717) is 11.4 Å². The highest BCUT2D eigenvalue weighted by Crippen LogP contribution is 2.14. The summed E-state index contributed by atoms with van der Waals surface area (Å²) in [6, 6.07) is 7.90. The maximum atomic E-state index is 12.3. The van der Waals surface area contributed by atoms with Crippen LogP contribution in [0.25, 0.3) is 0 Å². The quantitative estimate of drug-likeness (QED) is 0.642. The van der Waals surface area contributed by atoms with E-state index in [9.17, 15) is 14.4 Å². The molecule has 0 aliphatic rings. The Balaban J connectivity index is 1.97. The maximum absolute atomic E-state index is 12.3. The first-order valence-electron chi connectivity index (χ1n) is 8.08. The molecule has 0 radical (unpaired) electrons. The number of halogens is 1. The zero-order chi connectivity index (χ0) is 20.2. The smallest absolute Gasteiger partial charge is 0.412 e. The molecular formula is C18H21BrN4O4. The van der Waals surface area contributed by atoms with E-state index in [-0.39, 0.29) is 5.56 Å². The number of hydrogen-bond acceptors (Lipinski definition) is 4. The van der Waals surface area contributed by atoms with Gasteiger partial charge in [-0.05, 0) is 61.0 Å². The summed E-state index contributed by atoms with van der Waals surface area (Å²) in [6.45, 7) is 5.26. The Morgan fingerprint density at radius 3 is 2.33 bits per heavy atom. The third-order valence-corrected chi connectivity index (χ3v) is 3.70. The second-order valence-electron chi connectivity index (χ2n) is 6.77. The minimum absolute atomic E-state index is 0.261. The number of hydrazine groups is 1. The first-order valence-corrected chi connectivity index (χ1v) is 8.87. The molecule has 0 aliphatic carbocycles. The molecule has 0 saturated carbocycles. The highest BCUT2D eigenvalue weighted by Gasteiger charge is 2.17.